The lowest BCUT2D eigenvalue weighted by atomic mass is 10.1. The van der Waals surface area contributed by atoms with E-state index < -0.39 is 0 Å². The number of benzene rings is 1. The summed E-state index contributed by atoms with van der Waals surface area (Å²) in [6.07, 6.45) is 1.61. The van der Waals surface area contributed by atoms with Crippen LogP contribution in [-0.4, -0.2) is 26.3 Å². The minimum Gasteiger partial charge on any atom is -0.461 e. The van der Waals surface area contributed by atoms with E-state index in [9.17, 15) is 4.79 Å². The highest BCUT2D eigenvalue weighted by molar-refractivity contribution is 7.99. The number of carbonyl (C=O) groups is 1. The number of nitrogens with zero attached hydrogens (tertiary/aromatic N) is 3. The van der Waals surface area contributed by atoms with E-state index >= 15 is 0 Å². The summed E-state index contributed by atoms with van der Waals surface area (Å²) < 4.78 is 7.33. The number of hydrogen-bond donors (Lipinski definition) is 0. The molecule has 0 N–H and O–H groups in total. The Labute approximate surface area is 138 Å². The van der Waals surface area contributed by atoms with Gasteiger partial charge in [0.15, 0.2) is 22.5 Å². The van der Waals surface area contributed by atoms with Crippen molar-refractivity contribution < 1.29 is 9.21 Å². The quantitative estimate of drug-likeness (QED) is 0.508. The van der Waals surface area contributed by atoms with E-state index in [0.717, 1.165) is 16.3 Å². The van der Waals surface area contributed by atoms with E-state index in [-0.39, 0.29) is 5.78 Å². The van der Waals surface area contributed by atoms with Crippen LogP contribution in [0.4, 0.5) is 0 Å². The molecule has 0 saturated heterocycles. The lowest BCUT2D eigenvalue weighted by molar-refractivity contribution is 0.102. The van der Waals surface area contributed by atoms with Crippen molar-refractivity contribution in [3.8, 4) is 11.6 Å². The molecule has 0 aliphatic heterocycles. The molecule has 2 aromatic heterocycles. The van der Waals surface area contributed by atoms with Crippen molar-refractivity contribution in [2.75, 3.05) is 5.75 Å². The number of carbonyl (C=O) groups excluding carboxylic acids is 1. The summed E-state index contributed by atoms with van der Waals surface area (Å²) in [5.74, 6) is 1.78. The molecule has 0 radical (unpaired) electrons. The van der Waals surface area contributed by atoms with Gasteiger partial charge in [0.05, 0.1) is 12.0 Å². The fourth-order valence-electron chi connectivity index (χ4n) is 2.22. The van der Waals surface area contributed by atoms with Crippen LogP contribution < -0.4 is 0 Å². The lowest BCUT2D eigenvalue weighted by Gasteiger charge is -2.05. The Morgan fingerprint density at radius 1 is 1.22 bits per heavy atom. The second-order valence-corrected chi connectivity index (χ2v) is 6.05. The second kappa shape index (κ2) is 6.83. The average Bonchev–Trinajstić information content (AvgIpc) is 3.22. The maximum atomic E-state index is 12.3. The first-order chi connectivity index (χ1) is 11.2. The van der Waals surface area contributed by atoms with Gasteiger partial charge in [0.25, 0.3) is 0 Å². The Morgan fingerprint density at radius 2 is 2.00 bits per heavy atom. The van der Waals surface area contributed by atoms with Gasteiger partial charge >= 0.3 is 0 Å². The molecule has 0 fully saturated rings. The fourth-order valence-corrected chi connectivity index (χ4v) is 3.12. The lowest BCUT2D eigenvalue weighted by Crippen LogP contribution is -2.05. The maximum absolute atomic E-state index is 12.3. The zero-order chi connectivity index (χ0) is 16.2. The van der Waals surface area contributed by atoms with E-state index in [1.807, 2.05) is 54.8 Å². The van der Waals surface area contributed by atoms with E-state index in [4.69, 9.17) is 4.42 Å². The molecule has 5 nitrogen and oxygen atoms in total. The summed E-state index contributed by atoms with van der Waals surface area (Å²) in [5.41, 5.74) is 1.86. The third-order valence-corrected chi connectivity index (χ3v) is 4.45. The third-order valence-electron chi connectivity index (χ3n) is 3.48. The Balaban J connectivity index is 1.73. The van der Waals surface area contributed by atoms with Crippen LogP contribution in [0, 0.1) is 6.92 Å². The zero-order valence-electron chi connectivity index (χ0n) is 13.0. The van der Waals surface area contributed by atoms with Crippen LogP contribution in [-0.2, 0) is 6.54 Å². The molecular formula is C17H17N3O2S. The molecule has 3 aromatic rings. The van der Waals surface area contributed by atoms with Crippen LogP contribution in [0.15, 0.2) is 52.2 Å². The van der Waals surface area contributed by atoms with Gasteiger partial charge < -0.3 is 4.42 Å². The largest absolute Gasteiger partial charge is 0.461 e. The molecule has 0 aliphatic rings. The number of aromatic nitrogens is 3. The smallest absolute Gasteiger partial charge is 0.200 e. The molecule has 0 bridgehead atoms. The van der Waals surface area contributed by atoms with Gasteiger partial charge in [-0.1, -0.05) is 41.6 Å². The van der Waals surface area contributed by atoms with E-state index in [2.05, 4.69) is 10.2 Å². The molecule has 1 aromatic carbocycles. The summed E-state index contributed by atoms with van der Waals surface area (Å²) in [5, 5.41) is 9.09. The number of aryl methyl sites for hydroxylation is 1. The zero-order valence-corrected chi connectivity index (χ0v) is 13.8. The molecule has 118 valence electrons. The van der Waals surface area contributed by atoms with Crippen molar-refractivity contribution >= 4 is 17.5 Å². The number of hydrogen-bond acceptors (Lipinski definition) is 5. The van der Waals surface area contributed by atoms with Crippen molar-refractivity contribution in [3.05, 3.63) is 53.8 Å². The predicted octanol–water partition coefficient (Wildman–Crippen LogP) is 3.84. The Kier molecular flexibility index (Phi) is 4.62. The van der Waals surface area contributed by atoms with E-state index in [1.54, 1.807) is 6.26 Å². The van der Waals surface area contributed by atoms with Crippen molar-refractivity contribution in [1.29, 1.82) is 0 Å². The highest BCUT2D eigenvalue weighted by Gasteiger charge is 2.16. The SMILES string of the molecule is CCn1c(SCC(=O)c2ccc(C)cc2)nnc1-c1ccco1. The van der Waals surface area contributed by atoms with Crippen molar-refractivity contribution in [1.82, 2.24) is 14.8 Å². The Bertz CT molecular complexity index is 792. The first-order valence-electron chi connectivity index (χ1n) is 7.38. The van der Waals surface area contributed by atoms with Crippen LogP contribution in [0.25, 0.3) is 11.6 Å². The summed E-state index contributed by atoms with van der Waals surface area (Å²) >= 11 is 1.40. The Hall–Kier alpha value is -2.34. The van der Waals surface area contributed by atoms with Gasteiger partial charge in [0, 0.05) is 12.1 Å². The maximum Gasteiger partial charge on any atom is 0.200 e. The topological polar surface area (TPSA) is 60.9 Å². The van der Waals surface area contributed by atoms with Gasteiger partial charge in [0.2, 0.25) is 0 Å². The standard InChI is InChI=1S/C17H17N3O2S/c1-3-20-16(15-5-4-10-22-15)18-19-17(20)23-11-14(21)13-8-6-12(2)7-9-13/h4-10H,3,11H2,1-2H3. The molecule has 2 heterocycles. The Morgan fingerprint density at radius 3 is 2.65 bits per heavy atom. The van der Waals surface area contributed by atoms with Gasteiger partial charge in [-0.2, -0.15) is 0 Å². The van der Waals surface area contributed by atoms with E-state index in [0.29, 0.717) is 23.9 Å². The van der Waals surface area contributed by atoms with Crippen LogP contribution in [0.2, 0.25) is 0 Å². The number of ketones is 1. The van der Waals surface area contributed by atoms with Crippen molar-refractivity contribution in [3.63, 3.8) is 0 Å². The number of furan rings is 1. The molecule has 3 rings (SSSR count). The molecule has 6 heteroatoms. The molecule has 0 spiro atoms. The van der Waals surface area contributed by atoms with Crippen molar-refractivity contribution in [2.24, 2.45) is 0 Å². The van der Waals surface area contributed by atoms with Crippen LogP contribution in [0.5, 0.6) is 0 Å². The molecular weight excluding hydrogens is 310 g/mol. The summed E-state index contributed by atoms with van der Waals surface area (Å²) in [7, 11) is 0. The number of rotatable bonds is 6. The molecule has 23 heavy (non-hydrogen) atoms. The first kappa shape index (κ1) is 15.6. The summed E-state index contributed by atoms with van der Waals surface area (Å²) in [6.45, 7) is 4.73. The molecule has 0 unspecified atom stereocenters. The minimum absolute atomic E-state index is 0.0835. The van der Waals surface area contributed by atoms with Gasteiger partial charge in [-0.15, -0.1) is 10.2 Å². The monoisotopic (exact) mass is 327 g/mol. The summed E-state index contributed by atoms with van der Waals surface area (Å²) in [6, 6.07) is 11.3. The van der Waals surface area contributed by atoms with Crippen molar-refractivity contribution in [2.45, 2.75) is 25.5 Å². The molecule has 0 amide bonds. The third kappa shape index (κ3) is 3.37. The minimum atomic E-state index is 0.0835. The molecule has 0 saturated carbocycles. The average molecular weight is 327 g/mol. The highest BCUT2D eigenvalue weighted by Crippen LogP contribution is 2.24. The predicted molar refractivity (Wildman–Crippen MR) is 89.6 cm³/mol. The van der Waals surface area contributed by atoms with E-state index in [1.165, 1.54) is 11.8 Å². The molecule has 0 aliphatic carbocycles. The second-order valence-electron chi connectivity index (χ2n) is 5.11. The van der Waals surface area contributed by atoms with Gasteiger partial charge in [0.1, 0.15) is 0 Å². The van der Waals surface area contributed by atoms with Crippen LogP contribution >= 0.6 is 11.8 Å². The summed E-state index contributed by atoms with van der Waals surface area (Å²) in [4.78, 5) is 12.3. The normalized spacial score (nSPS) is 10.9. The van der Waals surface area contributed by atoms with Crippen LogP contribution in [0.1, 0.15) is 22.8 Å². The van der Waals surface area contributed by atoms with Gasteiger partial charge in [-0.05, 0) is 26.0 Å². The van der Waals surface area contributed by atoms with Gasteiger partial charge in [-0.3, -0.25) is 9.36 Å². The fraction of sp³-hybridized carbons (Fsp3) is 0.235. The number of Topliss-reactive ketones (excluding diaryl/α,β-unsaturated/α-hetero) is 1. The first-order valence-corrected chi connectivity index (χ1v) is 8.37. The number of thioether (sulfide) groups is 1. The molecule has 0 atom stereocenters. The highest BCUT2D eigenvalue weighted by atomic mass is 32.2. The van der Waals surface area contributed by atoms with Gasteiger partial charge in [-0.25, -0.2) is 0 Å². The van der Waals surface area contributed by atoms with Crippen LogP contribution in [0.3, 0.4) is 0 Å².